The fraction of sp³-hybridized carbons (Fsp3) is 0.533. The van der Waals surface area contributed by atoms with Gasteiger partial charge in [-0.15, -0.1) is 0 Å². The van der Waals surface area contributed by atoms with Crippen LogP contribution in [0.2, 0.25) is 0 Å². The van der Waals surface area contributed by atoms with E-state index in [4.69, 9.17) is 4.74 Å². The standard InChI is InChI=1S/C15H20N2O4/c1-15(2,3)21-14(20)17-8-11(12(9-17)13(18)19)10-4-6-16-7-5-10/h4-7,11-12H,8-9H2,1-3H3,(H,18,19)/p-1/t11-,12+/m0/s1. The number of carbonyl (C=O) groups excluding carboxylic acids is 2. The summed E-state index contributed by atoms with van der Waals surface area (Å²) < 4.78 is 5.30. The van der Waals surface area contributed by atoms with Crippen LogP contribution >= 0.6 is 0 Å². The number of likely N-dealkylation sites (tertiary alicyclic amines) is 1. The Morgan fingerprint density at radius 2 is 1.90 bits per heavy atom. The maximum absolute atomic E-state index is 12.1. The quantitative estimate of drug-likeness (QED) is 0.804. The lowest BCUT2D eigenvalue weighted by atomic mass is 9.90. The van der Waals surface area contributed by atoms with E-state index < -0.39 is 23.6 Å². The molecule has 1 fully saturated rings. The average molecular weight is 291 g/mol. The van der Waals surface area contributed by atoms with Crippen molar-refractivity contribution in [1.82, 2.24) is 9.88 Å². The van der Waals surface area contributed by atoms with Crippen LogP contribution in [0.15, 0.2) is 24.5 Å². The zero-order chi connectivity index (χ0) is 15.6. The van der Waals surface area contributed by atoms with E-state index in [2.05, 4.69) is 4.98 Å². The van der Waals surface area contributed by atoms with Crippen LogP contribution in [0.1, 0.15) is 32.3 Å². The minimum Gasteiger partial charge on any atom is -0.550 e. The molecule has 0 spiro atoms. The Hall–Kier alpha value is -2.11. The van der Waals surface area contributed by atoms with E-state index >= 15 is 0 Å². The van der Waals surface area contributed by atoms with Crippen molar-refractivity contribution >= 4 is 12.1 Å². The number of amides is 1. The smallest absolute Gasteiger partial charge is 0.410 e. The van der Waals surface area contributed by atoms with Crippen LogP contribution < -0.4 is 5.11 Å². The van der Waals surface area contributed by atoms with Crippen molar-refractivity contribution in [3.8, 4) is 0 Å². The fourth-order valence-corrected chi connectivity index (χ4v) is 2.47. The maximum atomic E-state index is 12.1. The van der Waals surface area contributed by atoms with Gasteiger partial charge in [-0.25, -0.2) is 4.79 Å². The summed E-state index contributed by atoms with van der Waals surface area (Å²) in [6.45, 7) is 5.73. The number of hydrogen-bond donors (Lipinski definition) is 0. The Bertz CT molecular complexity index is 524. The molecule has 6 heteroatoms. The van der Waals surface area contributed by atoms with Gasteiger partial charge in [-0.3, -0.25) is 4.98 Å². The van der Waals surface area contributed by atoms with Crippen LogP contribution in [0.3, 0.4) is 0 Å². The van der Waals surface area contributed by atoms with Gasteiger partial charge in [0.1, 0.15) is 5.60 Å². The van der Waals surface area contributed by atoms with E-state index in [1.807, 2.05) is 0 Å². The molecule has 1 aliphatic heterocycles. The molecule has 0 N–H and O–H groups in total. The Kier molecular flexibility index (Phi) is 4.16. The van der Waals surface area contributed by atoms with Gasteiger partial charge in [-0.1, -0.05) is 0 Å². The monoisotopic (exact) mass is 291 g/mol. The van der Waals surface area contributed by atoms with E-state index in [9.17, 15) is 14.7 Å². The molecule has 0 aromatic carbocycles. The fourth-order valence-electron chi connectivity index (χ4n) is 2.47. The highest BCUT2D eigenvalue weighted by Gasteiger charge is 2.38. The summed E-state index contributed by atoms with van der Waals surface area (Å²) in [5.74, 6) is -2.19. The van der Waals surface area contributed by atoms with Crippen LogP contribution in [0.25, 0.3) is 0 Å². The summed E-state index contributed by atoms with van der Waals surface area (Å²) in [7, 11) is 0. The number of aromatic nitrogens is 1. The molecule has 1 aliphatic rings. The van der Waals surface area contributed by atoms with Crippen molar-refractivity contribution in [3.05, 3.63) is 30.1 Å². The largest absolute Gasteiger partial charge is 0.550 e. The predicted octanol–water partition coefficient (Wildman–Crippen LogP) is 0.782. The third-order valence-electron chi connectivity index (χ3n) is 3.41. The Balaban J connectivity index is 2.16. The first-order valence-electron chi connectivity index (χ1n) is 6.86. The summed E-state index contributed by atoms with van der Waals surface area (Å²) >= 11 is 0. The number of carbonyl (C=O) groups is 2. The number of rotatable bonds is 2. The number of carboxylic acids is 1. The number of ether oxygens (including phenoxy) is 1. The molecule has 0 saturated carbocycles. The van der Waals surface area contributed by atoms with E-state index in [-0.39, 0.29) is 12.5 Å². The lowest BCUT2D eigenvalue weighted by molar-refractivity contribution is -0.311. The molecule has 2 heterocycles. The van der Waals surface area contributed by atoms with Gasteiger partial charge in [0.15, 0.2) is 0 Å². The number of nitrogens with zero attached hydrogens (tertiary/aromatic N) is 2. The Morgan fingerprint density at radius 1 is 1.29 bits per heavy atom. The van der Waals surface area contributed by atoms with Gasteiger partial charge in [0.2, 0.25) is 0 Å². The lowest BCUT2D eigenvalue weighted by Gasteiger charge is -2.24. The number of aliphatic carboxylic acids is 1. The molecule has 1 amide bonds. The van der Waals surface area contributed by atoms with Crippen LogP contribution in [-0.2, 0) is 9.53 Å². The minimum absolute atomic E-state index is 0.101. The molecule has 0 unspecified atom stereocenters. The van der Waals surface area contributed by atoms with Gasteiger partial charge in [-0.05, 0) is 38.5 Å². The number of pyridine rings is 1. The normalized spacial score (nSPS) is 22.1. The van der Waals surface area contributed by atoms with Crippen LogP contribution in [0, 0.1) is 5.92 Å². The molecule has 2 rings (SSSR count). The molecular weight excluding hydrogens is 272 g/mol. The van der Waals surface area contributed by atoms with Gasteiger partial charge in [0.25, 0.3) is 0 Å². The van der Waals surface area contributed by atoms with E-state index in [1.165, 1.54) is 4.90 Å². The first-order chi connectivity index (χ1) is 9.78. The molecule has 114 valence electrons. The highest BCUT2D eigenvalue weighted by molar-refractivity contribution is 5.74. The number of hydrogen-bond acceptors (Lipinski definition) is 5. The van der Waals surface area contributed by atoms with Crippen LogP contribution in [-0.4, -0.2) is 40.6 Å². The molecular formula is C15H19N2O4-. The van der Waals surface area contributed by atoms with E-state index in [1.54, 1.807) is 45.3 Å². The summed E-state index contributed by atoms with van der Waals surface area (Å²) in [5, 5.41) is 11.3. The second-order valence-corrected chi connectivity index (χ2v) is 6.20. The summed E-state index contributed by atoms with van der Waals surface area (Å²) in [5.41, 5.74) is 0.230. The van der Waals surface area contributed by atoms with Crippen LogP contribution in [0.4, 0.5) is 4.79 Å². The topological polar surface area (TPSA) is 82.6 Å². The lowest BCUT2D eigenvalue weighted by Crippen LogP contribution is -2.38. The summed E-state index contributed by atoms with van der Waals surface area (Å²) in [6, 6.07) is 3.53. The van der Waals surface area contributed by atoms with Gasteiger partial charge in [0.05, 0.1) is 0 Å². The van der Waals surface area contributed by atoms with E-state index in [0.717, 1.165) is 5.56 Å². The molecule has 1 aromatic rings. The average Bonchev–Trinajstić information content (AvgIpc) is 2.83. The second-order valence-electron chi connectivity index (χ2n) is 6.20. The molecule has 6 nitrogen and oxygen atoms in total. The molecule has 0 aliphatic carbocycles. The first-order valence-corrected chi connectivity index (χ1v) is 6.86. The minimum atomic E-state index is -1.15. The second kappa shape index (κ2) is 5.71. The third-order valence-corrected chi connectivity index (χ3v) is 3.41. The molecule has 21 heavy (non-hydrogen) atoms. The zero-order valence-corrected chi connectivity index (χ0v) is 12.4. The molecule has 0 radical (unpaired) electrons. The first kappa shape index (κ1) is 15.3. The van der Waals surface area contributed by atoms with Gasteiger partial charge < -0.3 is 19.5 Å². The van der Waals surface area contributed by atoms with Crippen molar-refractivity contribution in [2.45, 2.75) is 32.3 Å². The van der Waals surface area contributed by atoms with Crippen molar-refractivity contribution in [1.29, 1.82) is 0 Å². The molecule has 2 atom stereocenters. The van der Waals surface area contributed by atoms with Gasteiger partial charge in [0, 0.05) is 43.3 Å². The molecule has 0 bridgehead atoms. The van der Waals surface area contributed by atoms with Crippen LogP contribution in [0.5, 0.6) is 0 Å². The summed E-state index contributed by atoms with van der Waals surface area (Å²) in [4.78, 5) is 28.8. The van der Waals surface area contributed by atoms with Gasteiger partial charge in [-0.2, -0.15) is 0 Å². The predicted molar refractivity (Wildman–Crippen MR) is 73.3 cm³/mol. The Labute approximate surface area is 123 Å². The van der Waals surface area contributed by atoms with Crippen molar-refractivity contribution < 1.29 is 19.4 Å². The highest BCUT2D eigenvalue weighted by Crippen LogP contribution is 2.32. The Morgan fingerprint density at radius 3 is 2.43 bits per heavy atom. The van der Waals surface area contributed by atoms with Crippen molar-refractivity contribution in [2.24, 2.45) is 5.92 Å². The summed E-state index contributed by atoms with van der Waals surface area (Å²) in [6.07, 6.45) is 2.72. The molecule has 1 saturated heterocycles. The zero-order valence-electron chi connectivity index (χ0n) is 12.4. The number of carboxylic acid groups (broad SMARTS) is 1. The van der Waals surface area contributed by atoms with Gasteiger partial charge >= 0.3 is 6.09 Å². The maximum Gasteiger partial charge on any atom is 0.410 e. The molecule has 1 aromatic heterocycles. The van der Waals surface area contributed by atoms with Crippen molar-refractivity contribution in [3.63, 3.8) is 0 Å². The van der Waals surface area contributed by atoms with E-state index in [0.29, 0.717) is 6.54 Å². The highest BCUT2D eigenvalue weighted by atomic mass is 16.6. The third kappa shape index (κ3) is 3.71. The van der Waals surface area contributed by atoms with Crippen molar-refractivity contribution in [2.75, 3.05) is 13.1 Å². The SMILES string of the molecule is CC(C)(C)OC(=O)N1C[C@@H](C(=O)[O-])[C@H](c2ccncc2)C1.